The van der Waals surface area contributed by atoms with Crippen LogP contribution in [0.2, 0.25) is 0 Å². The molecule has 84 valence electrons. The van der Waals surface area contributed by atoms with E-state index < -0.39 is 0 Å². The quantitative estimate of drug-likeness (QED) is 0.475. The first-order valence-electron chi connectivity index (χ1n) is 4.87. The number of alkyl halides is 1. The van der Waals surface area contributed by atoms with Crippen LogP contribution in [0.5, 0.6) is 0 Å². The highest BCUT2D eigenvalue weighted by Crippen LogP contribution is 2.37. The summed E-state index contributed by atoms with van der Waals surface area (Å²) in [7, 11) is 0. The van der Waals surface area contributed by atoms with E-state index in [4.69, 9.17) is 9.15 Å². The molecule has 1 aliphatic heterocycles. The van der Waals surface area contributed by atoms with Gasteiger partial charge >= 0.3 is 0 Å². The second-order valence-corrected chi connectivity index (χ2v) is 6.06. The molecule has 2 heterocycles. The van der Waals surface area contributed by atoms with Crippen molar-refractivity contribution in [3.05, 3.63) is 21.0 Å². The maximum atomic E-state index is 5.95. The van der Waals surface area contributed by atoms with Gasteiger partial charge in [0, 0.05) is 4.43 Å². The summed E-state index contributed by atoms with van der Waals surface area (Å²) in [6.45, 7) is 0. The predicted molar refractivity (Wildman–Crippen MR) is 74.5 cm³/mol. The minimum absolute atomic E-state index is 0.126. The Balaban J connectivity index is 2.09. The van der Waals surface area contributed by atoms with Crippen molar-refractivity contribution in [2.24, 2.45) is 0 Å². The zero-order chi connectivity index (χ0) is 10.8. The SMILES string of the molecule is Brc1cc(C2CCCC(CI)O2)oc1Br. The van der Waals surface area contributed by atoms with E-state index in [1.54, 1.807) is 0 Å². The van der Waals surface area contributed by atoms with Gasteiger partial charge in [0.1, 0.15) is 11.9 Å². The Kier molecular flexibility index (Phi) is 4.55. The number of hydrogen-bond acceptors (Lipinski definition) is 2. The molecule has 2 nitrogen and oxygen atoms in total. The molecule has 5 heteroatoms. The van der Waals surface area contributed by atoms with Crippen LogP contribution in [0.15, 0.2) is 19.6 Å². The lowest BCUT2D eigenvalue weighted by Gasteiger charge is -2.27. The normalized spacial score (nSPS) is 26.9. The molecule has 0 N–H and O–H groups in total. The van der Waals surface area contributed by atoms with Gasteiger partial charge in [-0.1, -0.05) is 22.6 Å². The number of ether oxygens (including phenoxy) is 1. The van der Waals surface area contributed by atoms with Gasteiger partial charge < -0.3 is 9.15 Å². The number of rotatable bonds is 2. The fraction of sp³-hybridized carbons (Fsp3) is 0.600. The molecular weight excluding hydrogens is 439 g/mol. The van der Waals surface area contributed by atoms with Crippen LogP contribution in [0.25, 0.3) is 0 Å². The van der Waals surface area contributed by atoms with Gasteiger partial charge in [-0.3, -0.25) is 0 Å². The van der Waals surface area contributed by atoms with E-state index in [1.165, 1.54) is 12.8 Å². The van der Waals surface area contributed by atoms with Crippen LogP contribution < -0.4 is 0 Å². The van der Waals surface area contributed by atoms with Crippen molar-refractivity contribution in [3.63, 3.8) is 0 Å². The monoisotopic (exact) mass is 448 g/mol. The summed E-state index contributed by atoms with van der Waals surface area (Å²) >= 11 is 9.14. The van der Waals surface area contributed by atoms with E-state index in [9.17, 15) is 0 Å². The topological polar surface area (TPSA) is 22.4 Å². The largest absolute Gasteiger partial charge is 0.450 e. The van der Waals surface area contributed by atoms with Gasteiger partial charge in [0.15, 0.2) is 4.67 Å². The molecule has 1 fully saturated rings. The number of hydrogen-bond donors (Lipinski definition) is 0. The average molecular weight is 450 g/mol. The second kappa shape index (κ2) is 5.51. The van der Waals surface area contributed by atoms with Gasteiger partial charge in [-0.05, 0) is 57.2 Å². The molecule has 1 aromatic rings. The molecule has 1 saturated heterocycles. The molecule has 0 amide bonds. The first-order chi connectivity index (χ1) is 7.20. The molecule has 2 atom stereocenters. The van der Waals surface area contributed by atoms with Crippen molar-refractivity contribution in [2.75, 3.05) is 4.43 Å². The molecule has 0 spiro atoms. The first kappa shape index (κ1) is 12.4. The van der Waals surface area contributed by atoms with E-state index in [2.05, 4.69) is 54.5 Å². The molecule has 2 unspecified atom stereocenters. The second-order valence-electron chi connectivity index (χ2n) is 3.60. The Morgan fingerprint density at radius 2 is 2.20 bits per heavy atom. The van der Waals surface area contributed by atoms with Crippen molar-refractivity contribution in [1.29, 1.82) is 0 Å². The van der Waals surface area contributed by atoms with Crippen LogP contribution in [0.3, 0.4) is 0 Å². The Bertz CT molecular complexity index is 321. The third-order valence-corrected chi connectivity index (χ3v) is 5.20. The van der Waals surface area contributed by atoms with Gasteiger partial charge in [-0.25, -0.2) is 0 Å². The average Bonchev–Trinajstić information content (AvgIpc) is 2.59. The maximum absolute atomic E-state index is 5.95. The first-order valence-corrected chi connectivity index (χ1v) is 7.98. The van der Waals surface area contributed by atoms with E-state index in [-0.39, 0.29) is 6.10 Å². The summed E-state index contributed by atoms with van der Waals surface area (Å²) in [5.41, 5.74) is 0. The van der Waals surface area contributed by atoms with Crippen LogP contribution in [-0.2, 0) is 4.74 Å². The van der Waals surface area contributed by atoms with Crippen LogP contribution in [0.1, 0.15) is 31.1 Å². The fourth-order valence-electron chi connectivity index (χ4n) is 1.74. The highest BCUT2D eigenvalue weighted by Gasteiger charge is 2.26. The summed E-state index contributed by atoms with van der Waals surface area (Å²) in [6, 6.07) is 1.99. The van der Waals surface area contributed by atoms with Crippen molar-refractivity contribution >= 4 is 54.5 Å². The third kappa shape index (κ3) is 2.98. The molecule has 1 aliphatic rings. The predicted octanol–water partition coefficient (Wildman–Crippen LogP) is 4.85. The molecule has 0 bridgehead atoms. The van der Waals surface area contributed by atoms with Gasteiger partial charge in [-0.15, -0.1) is 0 Å². The van der Waals surface area contributed by atoms with Crippen molar-refractivity contribution in [2.45, 2.75) is 31.5 Å². The zero-order valence-electron chi connectivity index (χ0n) is 8.01. The Morgan fingerprint density at radius 1 is 1.40 bits per heavy atom. The minimum atomic E-state index is 0.126. The maximum Gasteiger partial charge on any atom is 0.183 e. The molecule has 0 saturated carbocycles. The van der Waals surface area contributed by atoms with Gasteiger partial charge in [0.05, 0.1) is 10.6 Å². The summed E-state index contributed by atoms with van der Waals surface area (Å²) in [5.74, 6) is 0.920. The lowest BCUT2D eigenvalue weighted by Crippen LogP contribution is -2.23. The Hall–Kier alpha value is 0.930. The van der Waals surface area contributed by atoms with Crippen LogP contribution in [-0.4, -0.2) is 10.5 Å². The van der Waals surface area contributed by atoms with Gasteiger partial charge in [0.25, 0.3) is 0 Å². The lowest BCUT2D eigenvalue weighted by molar-refractivity contribution is -0.0480. The molecule has 0 aliphatic carbocycles. The molecule has 0 aromatic carbocycles. The summed E-state index contributed by atoms with van der Waals surface area (Å²) in [6.07, 6.45) is 3.95. The minimum Gasteiger partial charge on any atom is -0.450 e. The smallest absolute Gasteiger partial charge is 0.183 e. The standard InChI is InChI=1S/C10H11Br2IO2/c11-7-4-9(15-10(7)12)8-3-1-2-6(5-13)14-8/h4,6,8H,1-3,5H2. The van der Waals surface area contributed by atoms with Crippen molar-refractivity contribution in [1.82, 2.24) is 0 Å². The van der Waals surface area contributed by atoms with E-state index in [1.807, 2.05) is 6.07 Å². The summed E-state index contributed by atoms with van der Waals surface area (Å²) in [4.78, 5) is 0. The van der Waals surface area contributed by atoms with Gasteiger partial charge in [0.2, 0.25) is 0 Å². The van der Waals surface area contributed by atoms with E-state index in [0.717, 1.165) is 25.8 Å². The van der Waals surface area contributed by atoms with Gasteiger partial charge in [-0.2, -0.15) is 0 Å². The van der Waals surface area contributed by atoms with Crippen LogP contribution >= 0.6 is 54.5 Å². The lowest BCUT2D eigenvalue weighted by atomic mass is 10.0. The molecule has 15 heavy (non-hydrogen) atoms. The third-order valence-electron chi connectivity index (χ3n) is 2.50. The van der Waals surface area contributed by atoms with Crippen molar-refractivity contribution < 1.29 is 9.15 Å². The van der Waals surface area contributed by atoms with E-state index >= 15 is 0 Å². The highest BCUT2D eigenvalue weighted by molar-refractivity contribution is 14.1. The molecular formula is C10H11Br2IO2. The summed E-state index contributed by atoms with van der Waals surface area (Å²) in [5, 5.41) is 0. The fourth-order valence-corrected chi connectivity index (χ4v) is 3.00. The van der Waals surface area contributed by atoms with Crippen molar-refractivity contribution in [3.8, 4) is 0 Å². The molecule has 0 radical (unpaired) electrons. The van der Waals surface area contributed by atoms with Crippen LogP contribution in [0, 0.1) is 0 Å². The van der Waals surface area contributed by atoms with E-state index in [0.29, 0.717) is 6.10 Å². The Morgan fingerprint density at radius 3 is 2.80 bits per heavy atom. The summed E-state index contributed by atoms with van der Waals surface area (Å²) < 4.78 is 14.3. The molecule has 1 aromatic heterocycles. The Labute approximate surface area is 120 Å². The highest BCUT2D eigenvalue weighted by atomic mass is 127. The number of furan rings is 1. The zero-order valence-corrected chi connectivity index (χ0v) is 13.3. The number of halogens is 3. The molecule has 2 rings (SSSR count). The van der Waals surface area contributed by atoms with Crippen LogP contribution in [0.4, 0.5) is 0 Å².